The Kier molecular flexibility index (Phi) is 4.48. The highest BCUT2D eigenvalue weighted by molar-refractivity contribution is 5.41. The topological polar surface area (TPSA) is 32.7 Å². The number of benzene rings is 1. The van der Waals surface area contributed by atoms with E-state index in [9.17, 15) is 5.11 Å². The van der Waals surface area contributed by atoms with Crippen molar-refractivity contribution in [3.05, 3.63) is 23.8 Å². The summed E-state index contributed by atoms with van der Waals surface area (Å²) < 4.78 is 5.81. The first-order valence-electron chi connectivity index (χ1n) is 6.93. The van der Waals surface area contributed by atoms with Gasteiger partial charge in [0, 0.05) is 6.04 Å². The summed E-state index contributed by atoms with van der Waals surface area (Å²) in [4.78, 5) is 2.51. The van der Waals surface area contributed by atoms with Gasteiger partial charge in [-0.1, -0.05) is 13.8 Å². The van der Waals surface area contributed by atoms with Gasteiger partial charge in [-0.15, -0.1) is 0 Å². The number of phenolic OH excluding ortho intramolecular Hbond substituents is 1. The maximum atomic E-state index is 9.55. The Morgan fingerprint density at radius 1 is 1.28 bits per heavy atom. The first kappa shape index (κ1) is 13.2. The van der Waals surface area contributed by atoms with E-state index in [0.717, 1.165) is 37.4 Å². The fraction of sp³-hybridized carbons (Fsp3) is 0.600. The van der Waals surface area contributed by atoms with Crippen molar-refractivity contribution in [1.82, 2.24) is 4.90 Å². The molecule has 100 valence electrons. The Morgan fingerprint density at radius 3 is 2.67 bits per heavy atom. The van der Waals surface area contributed by atoms with E-state index in [-0.39, 0.29) is 0 Å². The fourth-order valence-corrected chi connectivity index (χ4v) is 2.65. The van der Waals surface area contributed by atoms with E-state index in [2.05, 4.69) is 18.7 Å². The summed E-state index contributed by atoms with van der Waals surface area (Å²) in [6.07, 6.45) is 3.32. The van der Waals surface area contributed by atoms with Gasteiger partial charge >= 0.3 is 0 Å². The predicted molar refractivity (Wildman–Crippen MR) is 73.2 cm³/mol. The van der Waals surface area contributed by atoms with Gasteiger partial charge in [-0.3, -0.25) is 4.90 Å². The average molecular weight is 249 g/mol. The molecule has 1 heterocycles. The van der Waals surface area contributed by atoms with Crippen molar-refractivity contribution in [3.8, 4) is 11.5 Å². The van der Waals surface area contributed by atoms with E-state index in [1.807, 2.05) is 12.1 Å². The summed E-state index contributed by atoms with van der Waals surface area (Å²) in [5.74, 6) is 1.26. The lowest BCUT2D eigenvalue weighted by Gasteiger charge is -2.34. The van der Waals surface area contributed by atoms with Crippen LogP contribution in [-0.2, 0) is 6.42 Å². The Balaban J connectivity index is 2.09. The third-order valence-electron chi connectivity index (χ3n) is 3.47. The van der Waals surface area contributed by atoms with Crippen LogP contribution >= 0.6 is 0 Å². The minimum atomic E-state index is 0.329. The van der Waals surface area contributed by atoms with Crippen molar-refractivity contribution in [2.24, 2.45) is 0 Å². The summed E-state index contributed by atoms with van der Waals surface area (Å²) in [5, 5.41) is 9.55. The third-order valence-corrected chi connectivity index (χ3v) is 3.47. The molecule has 3 nitrogen and oxygen atoms in total. The Bertz CT molecular complexity index is 386. The normalized spacial score (nSPS) is 18.5. The number of fused-ring (bicyclic) bond motifs is 1. The number of aromatic hydroxyl groups is 1. The van der Waals surface area contributed by atoms with Crippen molar-refractivity contribution in [2.75, 3.05) is 19.7 Å². The zero-order chi connectivity index (χ0) is 13.0. The quantitative estimate of drug-likeness (QED) is 0.871. The molecule has 0 aromatic heterocycles. The predicted octanol–water partition coefficient (Wildman–Crippen LogP) is 2.82. The molecule has 0 spiro atoms. The zero-order valence-electron chi connectivity index (χ0n) is 11.4. The molecule has 1 aromatic carbocycles. The second-order valence-corrected chi connectivity index (χ2v) is 5.00. The number of rotatable bonds is 5. The van der Waals surface area contributed by atoms with Gasteiger partial charge in [0.15, 0.2) is 0 Å². The van der Waals surface area contributed by atoms with Gasteiger partial charge in [-0.2, -0.15) is 0 Å². The highest BCUT2D eigenvalue weighted by Crippen LogP contribution is 2.29. The van der Waals surface area contributed by atoms with Crippen molar-refractivity contribution in [2.45, 2.75) is 39.2 Å². The smallest absolute Gasteiger partial charge is 0.122 e. The van der Waals surface area contributed by atoms with Crippen LogP contribution in [0.5, 0.6) is 11.5 Å². The number of hydrogen-bond donors (Lipinski definition) is 1. The SMILES string of the molecule is CCCN(CCC)[C@@H]1COc2ccc(O)cc2C1. The minimum Gasteiger partial charge on any atom is -0.508 e. The lowest BCUT2D eigenvalue weighted by atomic mass is 10.0. The second-order valence-electron chi connectivity index (χ2n) is 5.00. The molecular weight excluding hydrogens is 226 g/mol. The van der Waals surface area contributed by atoms with Gasteiger partial charge in [-0.25, -0.2) is 0 Å². The highest BCUT2D eigenvalue weighted by Gasteiger charge is 2.24. The summed E-state index contributed by atoms with van der Waals surface area (Å²) in [6.45, 7) is 7.43. The number of hydrogen-bond acceptors (Lipinski definition) is 3. The van der Waals surface area contributed by atoms with Crippen molar-refractivity contribution < 1.29 is 9.84 Å². The molecule has 0 saturated heterocycles. The molecule has 0 radical (unpaired) electrons. The van der Waals surface area contributed by atoms with Crippen molar-refractivity contribution in [3.63, 3.8) is 0 Å². The van der Waals surface area contributed by atoms with Crippen molar-refractivity contribution >= 4 is 0 Å². The van der Waals surface area contributed by atoms with E-state index in [0.29, 0.717) is 11.8 Å². The van der Waals surface area contributed by atoms with Crippen LogP contribution in [0.15, 0.2) is 18.2 Å². The number of phenols is 1. The molecule has 0 unspecified atom stereocenters. The Hall–Kier alpha value is -1.22. The third kappa shape index (κ3) is 2.96. The van der Waals surface area contributed by atoms with Crippen LogP contribution in [0.25, 0.3) is 0 Å². The molecule has 1 N–H and O–H groups in total. The summed E-state index contributed by atoms with van der Waals surface area (Å²) in [5.41, 5.74) is 1.13. The van der Waals surface area contributed by atoms with Crippen molar-refractivity contribution in [1.29, 1.82) is 0 Å². The standard InChI is InChI=1S/C15H23NO2/c1-3-7-16(8-4-2)13-9-12-10-14(17)5-6-15(12)18-11-13/h5-6,10,13,17H,3-4,7-9,11H2,1-2H3/t13-/m0/s1. The summed E-state index contributed by atoms with van der Waals surface area (Å²) in [6, 6.07) is 5.83. The first-order chi connectivity index (χ1) is 8.74. The van der Waals surface area contributed by atoms with Crippen LogP contribution in [0.3, 0.4) is 0 Å². The molecule has 1 aliphatic heterocycles. The summed E-state index contributed by atoms with van der Waals surface area (Å²) >= 11 is 0. The fourth-order valence-electron chi connectivity index (χ4n) is 2.65. The van der Waals surface area contributed by atoms with E-state index < -0.39 is 0 Å². The Labute approximate surface area is 109 Å². The molecule has 1 atom stereocenters. The monoisotopic (exact) mass is 249 g/mol. The zero-order valence-corrected chi connectivity index (χ0v) is 11.4. The second kappa shape index (κ2) is 6.10. The molecule has 0 fully saturated rings. The highest BCUT2D eigenvalue weighted by atomic mass is 16.5. The van der Waals surface area contributed by atoms with Crippen LogP contribution in [0, 0.1) is 0 Å². The average Bonchev–Trinajstić information content (AvgIpc) is 2.37. The van der Waals surface area contributed by atoms with E-state index >= 15 is 0 Å². The number of nitrogens with zero attached hydrogens (tertiary/aromatic N) is 1. The van der Waals surface area contributed by atoms with Crippen LogP contribution in [0.1, 0.15) is 32.3 Å². The molecule has 0 aliphatic carbocycles. The van der Waals surface area contributed by atoms with Gasteiger partial charge in [0.2, 0.25) is 0 Å². The maximum absolute atomic E-state index is 9.55. The summed E-state index contributed by atoms with van der Waals surface area (Å²) in [7, 11) is 0. The lowest BCUT2D eigenvalue weighted by molar-refractivity contribution is 0.119. The largest absolute Gasteiger partial charge is 0.508 e. The molecule has 0 saturated carbocycles. The van der Waals surface area contributed by atoms with Gasteiger partial charge < -0.3 is 9.84 Å². The molecule has 0 amide bonds. The molecule has 3 heteroatoms. The molecule has 18 heavy (non-hydrogen) atoms. The van der Waals surface area contributed by atoms with Gasteiger partial charge in [0.25, 0.3) is 0 Å². The Morgan fingerprint density at radius 2 is 2.00 bits per heavy atom. The number of ether oxygens (including phenoxy) is 1. The van der Waals surface area contributed by atoms with Gasteiger partial charge in [-0.05, 0) is 56.1 Å². The molecule has 0 bridgehead atoms. The molecule has 2 rings (SSSR count). The van der Waals surface area contributed by atoms with Crippen LogP contribution in [-0.4, -0.2) is 35.7 Å². The molecular formula is C15H23NO2. The van der Waals surface area contributed by atoms with Crippen LogP contribution in [0.2, 0.25) is 0 Å². The van der Waals surface area contributed by atoms with Gasteiger partial charge in [0.05, 0.1) is 0 Å². The van der Waals surface area contributed by atoms with E-state index in [4.69, 9.17) is 4.74 Å². The molecule has 1 aliphatic rings. The first-order valence-corrected chi connectivity index (χ1v) is 6.93. The molecule has 1 aromatic rings. The van der Waals surface area contributed by atoms with Crippen LogP contribution in [0.4, 0.5) is 0 Å². The maximum Gasteiger partial charge on any atom is 0.122 e. The minimum absolute atomic E-state index is 0.329. The van der Waals surface area contributed by atoms with E-state index in [1.165, 1.54) is 12.8 Å². The van der Waals surface area contributed by atoms with Gasteiger partial charge in [0.1, 0.15) is 18.1 Å². The van der Waals surface area contributed by atoms with E-state index in [1.54, 1.807) is 6.07 Å². The van der Waals surface area contributed by atoms with Crippen LogP contribution < -0.4 is 4.74 Å². The lowest BCUT2D eigenvalue weighted by Crippen LogP contribution is -2.43.